The molecule has 0 heterocycles. The molecule has 0 amide bonds. The SMILES string of the molecule is COC1=C(C(=O)C(F)(F)F)CCCC1C. The monoisotopic (exact) mass is 222 g/mol. The van der Waals surface area contributed by atoms with Gasteiger partial charge in [-0.2, -0.15) is 13.2 Å². The first-order valence-corrected chi connectivity index (χ1v) is 4.76. The Morgan fingerprint density at radius 3 is 2.53 bits per heavy atom. The summed E-state index contributed by atoms with van der Waals surface area (Å²) < 4.78 is 41.6. The normalized spacial score (nSPS) is 22.9. The summed E-state index contributed by atoms with van der Waals surface area (Å²) in [4.78, 5) is 11.1. The summed E-state index contributed by atoms with van der Waals surface area (Å²) in [7, 11) is 1.31. The number of rotatable bonds is 2. The molecule has 86 valence electrons. The number of halogens is 3. The topological polar surface area (TPSA) is 26.3 Å². The zero-order chi connectivity index (χ0) is 11.6. The summed E-state index contributed by atoms with van der Waals surface area (Å²) in [6.07, 6.45) is -3.27. The molecule has 0 aliphatic heterocycles. The average molecular weight is 222 g/mol. The maximum absolute atomic E-state index is 12.2. The first kappa shape index (κ1) is 12.1. The Balaban J connectivity index is 3.04. The van der Waals surface area contributed by atoms with Gasteiger partial charge in [0.15, 0.2) is 0 Å². The van der Waals surface area contributed by atoms with Crippen LogP contribution in [0.5, 0.6) is 0 Å². The van der Waals surface area contributed by atoms with Crippen LogP contribution < -0.4 is 0 Å². The van der Waals surface area contributed by atoms with Crippen LogP contribution in [0.3, 0.4) is 0 Å². The average Bonchev–Trinajstić information content (AvgIpc) is 2.14. The molecule has 15 heavy (non-hydrogen) atoms. The maximum Gasteiger partial charge on any atom is 0.454 e. The van der Waals surface area contributed by atoms with Crippen LogP contribution >= 0.6 is 0 Å². The lowest BCUT2D eigenvalue weighted by Gasteiger charge is -2.24. The van der Waals surface area contributed by atoms with Crippen molar-refractivity contribution in [3.05, 3.63) is 11.3 Å². The Morgan fingerprint density at radius 2 is 2.07 bits per heavy atom. The number of Topliss-reactive ketones (excluding diaryl/α,β-unsaturated/α-hetero) is 1. The molecule has 1 aliphatic carbocycles. The fraction of sp³-hybridized carbons (Fsp3) is 0.700. The second-order valence-corrected chi connectivity index (χ2v) is 3.67. The van der Waals surface area contributed by atoms with E-state index in [1.807, 2.05) is 0 Å². The summed E-state index contributed by atoms with van der Waals surface area (Å²) in [5.74, 6) is -1.67. The lowest BCUT2D eigenvalue weighted by atomic mass is 9.87. The number of ether oxygens (including phenoxy) is 1. The highest BCUT2D eigenvalue weighted by Gasteiger charge is 2.43. The second-order valence-electron chi connectivity index (χ2n) is 3.67. The number of carbonyl (C=O) groups excluding carboxylic acids is 1. The Morgan fingerprint density at radius 1 is 1.47 bits per heavy atom. The van der Waals surface area contributed by atoms with Crippen LogP contribution in [-0.4, -0.2) is 19.1 Å². The van der Waals surface area contributed by atoms with E-state index in [9.17, 15) is 18.0 Å². The highest BCUT2D eigenvalue weighted by molar-refractivity contribution is 6.00. The quantitative estimate of drug-likeness (QED) is 0.718. The molecule has 0 aromatic carbocycles. The molecule has 0 aromatic rings. The molecule has 0 spiro atoms. The predicted octanol–water partition coefficient (Wildman–Crippen LogP) is 2.84. The van der Waals surface area contributed by atoms with Gasteiger partial charge in [0, 0.05) is 11.5 Å². The van der Waals surface area contributed by atoms with E-state index in [-0.39, 0.29) is 23.7 Å². The minimum atomic E-state index is -4.80. The first-order chi connectivity index (χ1) is 6.88. The van der Waals surface area contributed by atoms with Crippen LogP contribution in [0, 0.1) is 5.92 Å². The summed E-state index contributed by atoms with van der Waals surface area (Å²) in [5, 5.41) is 0. The van der Waals surface area contributed by atoms with Crippen molar-refractivity contribution < 1.29 is 22.7 Å². The van der Waals surface area contributed by atoms with Crippen LogP contribution in [-0.2, 0) is 9.53 Å². The van der Waals surface area contributed by atoms with Crippen molar-refractivity contribution in [2.75, 3.05) is 7.11 Å². The third-order valence-electron chi connectivity index (χ3n) is 2.56. The smallest absolute Gasteiger partial charge is 0.454 e. The molecule has 1 aliphatic rings. The van der Waals surface area contributed by atoms with E-state index in [0.717, 1.165) is 6.42 Å². The van der Waals surface area contributed by atoms with Crippen molar-refractivity contribution >= 4 is 5.78 Å². The van der Waals surface area contributed by atoms with E-state index in [2.05, 4.69) is 0 Å². The van der Waals surface area contributed by atoms with Crippen LogP contribution in [0.25, 0.3) is 0 Å². The molecule has 5 heteroatoms. The van der Waals surface area contributed by atoms with Crippen molar-refractivity contribution in [2.45, 2.75) is 32.4 Å². The molecule has 0 bridgehead atoms. The van der Waals surface area contributed by atoms with Crippen molar-refractivity contribution in [2.24, 2.45) is 5.92 Å². The van der Waals surface area contributed by atoms with E-state index < -0.39 is 12.0 Å². The molecular formula is C10H13F3O2. The van der Waals surface area contributed by atoms with E-state index >= 15 is 0 Å². The predicted molar refractivity (Wildman–Crippen MR) is 48.1 cm³/mol. The van der Waals surface area contributed by atoms with Gasteiger partial charge < -0.3 is 4.74 Å². The van der Waals surface area contributed by atoms with Crippen LogP contribution in [0.4, 0.5) is 13.2 Å². The molecule has 1 rings (SSSR count). The van der Waals surface area contributed by atoms with Gasteiger partial charge in [-0.1, -0.05) is 6.92 Å². The van der Waals surface area contributed by atoms with Gasteiger partial charge in [-0.15, -0.1) is 0 Å². The molecule has 0 fully saturated rings. The largest absolute Gasteiger partial charge is 0.500 e. The molecule has 0 N–H and O–H groups in total. The number of hydrogen-bond acceptors (Lipinski definition) is 2. The molecule has 1 unspecified atom stereocenters. The van der Waals surface area contributed by atoms with Gasteiger partial charge in [0.05, 0.1) is 7.11 Å². The van der Waals surface area contributed by atoms with Gasteiger partial charge in [0.1, 0.15) is 5.76 Å². The number of alkyl halides is 3. The molecular weight excluding hydrogens is 209 g/mol. The van der Waals surface area contributed by atoms with Gasteiger partial charge in [-0.3, -0.25) is 4.79 Å². The molecule has 0 saturated carbocycles. The number of methoxy groups -OCH3 is 1. The first-order valence-electron chi connectivity index (χ1n) is 4.76. The molecule has 0 aromatic heterocycles. The van der Waals surface area contributed by atoms with E-state index in [1.165, 1.54) is 7.11 Å². The minimum absolute atomic E-state index is 0.106. The van der Waals surface area contributed by atoms with Gasteiger partial charge >= 0.3 is 6.18 Å². The van der Waals surface area contributed by atoms with Crippen LogP contribution in [0.2, 0.25) is 0 Å². The summed E-state index contributed by atoms with van der Waals surface area (Å²) in [6, 6.07) is 0. The van der Waals surface area contributed by atoms with E-state index in [0.29, 0.717) is 6.42 Å². The lowest BCUT2D eigenvalue weighted by molar-refractivity contribution is -0.167. The summed E-state index contributed by atoms with van der Waals surface area (Å²) >= 11 is 0. The van der Waals surface area contributed by atoms with Gasteiger partial charge in [-0.05, 0) is 19.3 Å². The highest BCUT2D eigenvalue weighted by Crippen LogP contribution is 2.34. The van der Waals surface area contributed by atoms with Crippen LogP contribution in [0.1, 0.15) is 26.2 Å². The minimum Gasteiger partial charge on any atom is -0.500 e. The van der Waals surface area contributed by atoms with Gasteiger partial charge in [-0.25, -0.2) is 0 Å². The Bertz CT molecular complexity index is 292. The summed E-state index contributed by atoms with van der Waals surface area (Å²) in [5.41, 5.74) is -0.205. The standard InChI is InChI=1S/C10H13F3O2/c1-6-4-3-5-7(8(6)15-2)9(14)10(11,12)13/h6H,3-5H2,1-2H3. The van der Waals surface area contributed by atoms with Gasteiger partial charge in [0.25, 0.3) is 5.78 Å². The number of hydrogen-bond donors (Lipinski definition) is 0. The summed E-state index contributed by atoms with van der Waals surface area (Å²) in [6.45, 7) is 1.77. The van der Waals surface area contributed by atoms with Crippen molar-refractivity contribution in [1.29, 1.82) is 0 Å². The maximum atomic E-state index is 12.2. The fourth-order valence-corrected chi connectivity index (χ4v) is 1.86. The second kappa shape index (κ2) is 4.24. The lowest BCUT2D eigenvalue weighted by Crippen LogP contribution is -2.28. The van der Waals surface area contributed by atoms with Crippen molar-refractivity contribution in [1.82, 2.24) is 0 Å². The number of ketones is 1. The number of carbonyl (C=O) groups is 1. The molecule has 2 nitrogen and oxygen atoms in total. The van der Waals surface area contributed by atoms with Crippen molar-refractivity contribution in [3.8, 4) is 0 Å². The Labute approximate surface area is 86.1 Å². The zero-order valence-corrected chi connectivity index (χ0v) is 8.65. The van der Waals surface area contributed by atoms with E-state index in [1.54, 1.807) is 6.92 Å². The van der Waals surface area contributed by atoms with Crippen LogP contribution in [0.15, 0.2) is 11.3 Å². The molecule has 1 atom stereocenters. The zero-order valence-electron chi connectivity index (χ0n) is 8.65. The highest BCUT2D eigenvalue weighted by atomic mass is 19.4. The third-order valence-corrected chi connectivity index (χ3v) is 2.56. The number of allylic oxidation sites excluding steroid dienone is 2. The fourth-order valence-electron chi connectivity index (χ4n) is 1.86. The Kier molecular flexibility index (Phi) is 3.42. The van der Waals surface area contributed by atoms with Crippen molar-refractivity contribution in [3.63, 3.8) is 0 Å². The molecule has 0 radical (unpaired) electrons. The van der Waals surface area contributed by atoms with E-state index in [4.69, 9.17) is 4.74 Å². The molecule has 0 saturated heterocycles. The third kappa shape index (κ3) is 2.52. The van der Waals surface area contributed by atoms with Gasteiger partial charge in [0.2, 0.25) is 0 Å². The Hall–Kier alpha value is -1.00.